The summed E-state index contributed by atoms with van der Waals surface area (Å²) in [5, 5.41) is 0. The molecule has 1 saturated heterocycles. The van der Waals surface area contributed by atoms with Crippen LogP contribution in [0.25, 0.3) is 0 Å². The van der Waals surface area contributed by atoms with E-state index >= 15 is 0 Å². The minimum atomic E-state index is 0.422. The minimum Gasteiger partial charge on any atom is -0.470 e. The fraction of sp³-hybridized carbons (Fsp3) is 0.857. The molecule has 1 rings (SSSR count). The lowest BCUT2D eigenvalue weighted by atomic mass is 9.88. The molecule has 1 fully saturated rings. The summed E-state index contributed by atoms with van der Waals surface area (Å²) in [6.45, 7) is 5.19. The molecule has 0 aromatic heterocycles. The molecule has 1 aliphatic heterocycles. The Morgan fingerprint density at radius 3 is 2.33 bits per heavy atom. The molecular formula is C7H15NO. The van der Waals surface area contributed by atoms with Gasteiger partial charge in [-0.15, -0.1) is 0 Å². The van der Waals surface area contributed by atoms with Gasteiger partial charge in [-0.2, -0.15) is 7.05 Å². The van der Waals surface area contributed by atoms with Gasteiger partial charge in [-0.25, -0.2) is 0 Å². The molecule has 1 N–H and O–H groups in total. The molecule has 2 heteroatoms. The van der Waals surface area contributed by atoms with Crippen LogP contribution >= 0.6 is 0 Å². The summed E-state index contributed by atoms with van der Waals surface area (Å²) in [5.41, 5.74) is 0.422. The number of hydrogen-bond donors (Lipinski definition) is 1. The summed E-state index contributed by atoms with van der Waals surface area (Å²) >= 11 is 0. The van der Waals surface area contributed by atoms with E-state index in [1.165, 1.54) is 4.90 Å². The predicted molar refractivity (Wildman–Crippen MR) is 36.0 cm³/mol. The van der Waals surface area contributed by atoms with Crippen molar-refractivity contribution in [3.63, 3.8) is 0 Å². The molecule has 0 amide bonds. The molecule has 0 spiro atoms. The molecule has 2 nitrogen and oxygen atoms in total. The van der Waals surface area contributed by atoms with Crippen LogP contribution in [-0.4, -0.2) is 26.8 Å². The monoisotopic (exact) mass is 129 g/mol. The second kappa shape index (κ2) is 2.27. The quantitative estimate of drug-likeness (QED) is 0.488. The molecule has 0 bridgehead atoms. The lowest BCUT2D eigenvalue weighted by molar-refractivity contribution is -0.841. The van der Waals surface area contributed by atoms with E-state index in [1.54, 1.807) is 0 Å². The van der Waals surface area contributed by atoms with Crippen molar-refractivity contribution in [3.05, 3.63) is 7.05 Å². The Morgan fingerprint density at radius 1 is 1.67 bits per heavy atom. The molecule has 1 atom stereocenters. The molecule has 0 aromatic carbocycles. The molecule has 0 aromatic rings. The second-order valence-corrected chi connectivity index (χ2v) is 3.44. The van der Waals surface area contributed by atoms with Crippen molar-refractivity contribution >= 4 is 0 Å². The van der Waals surface area contributed by atoms with Crippen LogP contribution in [0.5, 0.6) is 0 Å². The van der Waals surface area contributed by atoms with Crippen LogP contribution in [0.1, 0.15) is 6.92 Å². The van der Waals surface area contributed by atoms with Crippen LogP contribution in [0.2, 0.25) is 0 Å². The fourth-order valence-corrected chi connectivity index (χ4v) is 1.28. The normalized spacial score (nSPS) is 27.0. The van der Waals surface area contributed by atoms with Gasteiger partial charge in [-0.1, -0.05) is 0 Å². The summed E-state index contributed by atoms with van der Waals surface area (Å²) in [5.74, 6) is 0. The number of hydrogen-bond acceptors (Lipinski definition) is 1. The average molecular weight is 129 g/mol. The highest BCUT2D eigenvalue weighted by molar-refractivity contribution is 4.79. The number of nitrogens with one attached hydrogen (secondary N) is 1. The largest absolute Gasteiger partial charge is 0.470 e. The van der Waals surface area contributed by atoms with Gasteiger partial charge in [0.25, 0.3) is 0 Å². The van der Waals surface area contributed by atoms with E-state index in [9.17, 15) is 0 Å². The van der Waals surface area contributed by atoms with Crippen LogP contribution in [0, 0.1) is 12.5 Å². The molecule has 0 saturated carbocycles. The van der Waals surface area contributed by atoms with Gasteiger partial charge in [0.1, 0.15) is 0 Å². The van der Waals surface area contributed by atoms with Crippen molar-refractivity contribution in [3.8, 4) is 0 Å². The standard InChI is InChI=1S/C7H15NO/c1-7(4-8(2)3)5-9-6-7/h8H,2,4-6H2,1,3H3. The molecule has 0 radical (unpaired) electrons. The summed E-state index contributed by atoms with van der Waals surface area (Å²) in [7, 11) is 5.94. The van der Waals surface area contributed by atoms with E-state index < -0.39 is 0 Å². The van der Waals surface area contributed by atoms with E-state index in [0.29, 0.717) is 5.41 Å². The molecule has 54 valence electrons. The highest BCUT2D eigenvalue weighted by atomic mass is 16.5. The van der Waals surface area contributed by atoms with Crippen molar-refractivity contribution < 1.29 is 9.64 Å². The SMILES string of the molecule is [CH2-][NH+](C)CC1(C)COC1. The Morgan fingerprint density at radius 2 is 2.22 bits per heavy atom. The van der Waals surface area contributed by atoms with Gasteiger partial charge in [-0.3, -0.25) is 0 Å². The Balaban J connectivity index is 2.24. The van der Waals surface area contributed by atoms with E-state index in [0.717, 1.165) is 19.8 Å². The zero-order valence-corrected chi connectivity index (χ0v) is 6.24. The minimum absolute atomic E-state index is 0.422. The van der Waals surface area contributed by atoms with Crippen molar-refractivity contribution in [1.29, 1.82) is 0 Å². The Kier molecular flexibility index (Phi) is 1.78. The molecule has 1 aliphatic rings. The average Bonchev–Trinajstić information content (AvgIpc) is 1.60. The topological polar surface area (TPSA) is 13.7 Å². The Labute approximate surface area is 56.8 Å². The van der Waals surface area contributed by atoms with Gasteiger partial charge >= 0.3 is 0 Å². The molecule has 1 heterocycles. The smallest absolute Gasteiger partial charge is 0.0627 e. The van der Waals surface area contributed by atoms with Gasteiger partial charge < -0.3 is 9.64 Å². The van der Waals surface area contributed by atoms with Gasteiger partial charge in [0.15, 0.2) is 0 Å². The van der Waals surface area contributed by atoms with Gasteiger partial charge in [0, 0.05) is 7.05 Å². The summed E-state index contributed by atoms with van der Waals surface area (Å²) in [4.78, 5) is 1.26. The molecule has 9 heavy (non-hydrogen) atoms. The first-order chi connectivity index (χ1) is 4.12. The lowest BCUT2D eigenvalue weighted by Crippen LogP contribution is -3.05. The summed E-state index contributed by atoms with van der Waals surface area (Å²) in [6, 6.07) is 0. The van der Waals surface area contributed by atoms with Crippen molar-refractivity contribution in [2.24, 2.45) is 5.41 Å². The van der Waals surface area contributed by atoms with Crippen LogP contribution in [0.3, 0.4) is 0 Å². The highest BCUT2D eigenvalue weighted by Gasteiger charge is 2.34. The van der Waals surface area contributed by atoms with Gasteiger partial charge in [0.05, 0.1) is 25.2 Å². The fourth-order valence-electron chi connectivity index (χ4n) is 1.28. The van der Waals surface area contributed by atoms with Crippen molar-refractivity contribution in [2.75, 3.05) is 26.8 Å². The second-order valence-electron chi connectivity index (χ2n) is 3.44. The maximum Gasteiger partial charge on any atom is 0.0627 e. The van der Waals surface area contributed by atoms with Crippen molar-refractivity contribution in [2.45, 2.75) is 6.92 Å². The number of quaternary nitrogens is 1. The zero-order valence-electron chi connectivity index (χ0n) is 6.24. The molecule has 0 aliphatic carbocycles. The van der Waals surface area contributed by atoms with Gasteiger partial charge in [-0.05, 0) is 6.92 Å². The van der Waals surface area contributed by atoms with E-state index in [1.807, 2.05) is 0 Å². The first kappa shape index (κ1) is 7.03. The lowest BCUT2D eigenvalue weighted by Gasteiger charge is -2.39. The predicted octanol–water partition coefficient (Wildman–Crippen LogP) is -0.671. The van der Waals surface area contributed by atoms with E-state index in [4.69, 9.17) is 4.74 Å². The van der Waals surface area contributed by atoms with E-state index in [2.05, 4.69) is 21.0 Å². The number of rotatable bonds is 2. The zero-order chi connectivity index (χ0) is 6.91. The summed E-state index contributed by atoms with van der Waals surface area (Å²) < 4.78 is 5.10. The highest BCUT2D eigenvalue weighted by Crippen LogP contribution is 2.23. The third-order valence-corrected chi connectivity index (χ3v) is 1.63. The van der Waals surface area contributed by atoms with Crippen LogP contribution in [0.15, 0.2) is 0 Å². The van der Waals surface area contributed by atoms with Crippen LogP contribution < -0.4 is 4.90 Å². The Bertz CT molecular complexity index is 97.1. The van der Waals surface area contributed by atoms with Crippen LogP contribution in [-0.2, 0) is 4.74 Å². The molecular weight excluding hydrogens is 114 g/mol. The maximum absolute atomic E-state index is 5.10. The Hall–Kier alpha value is -0.0800. The van der Waals surface area contributed by atoms with Crippen LogP contribution in [0.4, 0.5) is 0 Å². The third kappa shape index (κ3) is 1.66. The third-order valence-electron chi connectivity index (χ3n) is 1.63. The van der Waals surface area contributed by atoms with Crippen molar-refractivity contribution in [1.82, 2.24) is 0 Å². The maximum atomic E-state index is 5.10. The summed E-state index contributed by atoms with van der Waals surface area (Å²) in [6.07, 6.45) is 0. The van der Waals surface area contributed by atoms with E-state index in [-0.39, 0.29) is 0 Å². The first-order valence-electron chi connectivity index (χ1n) is 3.35. The van der Waals surface area contributed by atoms with Gasteiger partial charge in [0.2, 0.25) is 0 Å². The first-order valence-corrected chi connectivity index (χ1v) is 3.35. The molecule has 1 unspecified atom stereocenters. The number of ether oxygens (including phenoxy) is 1.